The maximum Gasteiger partial charge on any atom is 0.271 e. The Hall–Kier alpha value is -2.63. The van der Waals surface area contributed by atoms with Crippen molar-refractivity contribution >= 4 is 17.6 Å². The van der Waals surface area contributed by atoms with E-state index in [1.807, 2.05) is 0 Å². The second-order valence-corrected chi connectivity index (χ2v) is 3.31. The molecular weight excluding hydrogens is 222 g/mol. The molecule has 1 aromatic carbocycles. The van der Waals surface area contributed by atoms with E-state index in [2.05, 4.69) is 9.98 Å². The molecule has 1 heterocycles. The van der Waals surface area contributed by atoms with Crippen LogP contribution in [0.5, 0.6) is 5.75 Å². The lowest BCUT2D eigenvalue weighted by Gasteiger charge is -1.98. The van der Waals surface area contributed by atoms with Gasteiger partial charge in [-0.1, -0.05) is 0 Å². The molecule has 0 atom stereocenters. The molecule has 0 bridgehead atoms. The van der Waals surface area contributed by atoms with Crippen molar-refractivity contribution < 1.29 is 10.0 Å². The summed E-state index contributed by atoms with van der Waals surface area (Å²) >= 11 is 0. The summed E-state index contributed by atoms with van der Waals surface area (Å²) in [5.74, 6) is -0.0987. The summed E-state index contributed by atoms with van der Waals surface area (Å²) in [5, 5.41) is 20.1. The third-order valence-electron chi connectivity index (χ3n) is 2.13. The van der Waals surface area contributed by atoms with E-state index in [1.165, 1.54) is 24.4 Å². The van der Waals surface area contributed by atoms with Gasteiger partial charge in [0, 0.05) is 18.3 Å². The van der Waals surface area contributed by atoms with E-state index in [1.54, 1.807) is 18.3 Å². The van der Waals surface area contributed by atoms with Crippen molar-refractivity contribution in [2.45, 2.75) is 0 Å². The number of aliphatic imine (C=N–C) groups is 1. The lowest BCUT2D eigenvalue weighted by molar-refractivity contribution is -0.384. The zero-order chi connectivity index (χ0) is 12.3. The van der Waals surface area contributed by atoms with E-state index in [-0.39, 0.29) is 17.1 Å². The van der Waals surface area contributed by atoms with Crippen LogP contribution in [0, 0.1) is 10.1 Å². The number of rotatable bonds is 3. The van der Waals surface area contributed by atoms with Crippen molar-refractivity contribution in [2.24, 2.45) is 4.99 Å². The van der Waals surface area contributed by atoms with Gasteiger partial charge in [-0.2, -0.15) is 0 Å². The largest absolute Gasteiger partial charge is 0.506 e. The molecule has 6 nitrogen and oxygen atoms in total. The zero-order valence-corrected chi connectivity index (χ0v) is 8.70. The van der Waals surface area contributed by atoms with Crippen LogP contribution in [0.1, 0.15) is 5.69 Å². The van der Waals surface area contributed by atoms with Crippen molar-refractivity contribution in [2.75, 3.05) is 0 Å². The van der Waals surface area contributed by atoms with Gasteiger partial charge < -0.3 is 10.1 Å². The van der Waals surface area contributed by atoms with Crippen molar-refractivity contribution in [3.63, 3.8) is 0 Å². The topological polar surface area (TPSA) is 91.5 Å². The number of nitrogens with one attached hydrogen (secondary N) is 1. The van der Waals surface area contributed by atoms with Crippen LogP contribution >= 0.6 is 0 Å². The van der Waals surface area contributed by atoms with E-state index in [0.717, 1.165) is 5.69 Å². The van der Waals surface area contributed by atoms with Gasteiger partial charge in [-0.3, -0.25) is 15.1 Å². The highest BCUT2D eigenvalue weighted by molar-refractivity contribution is 5.80. The first kappa shape index (κ1) is 10.9. The Morgan fingerprint density at radius 3 is 2.88 bits per heavy atom. The third-order valence-corrected chi connectivity index (χ3v) is 2.13. The molecule has 17 heavy (non-hydrogen) atoms. The average molecular weight is 231 g/mol. The molecule has 2 N–H and O–H groups in total. The molecule has 0 aliphatic rings. The second kappa shape index (κ2) is 4.48. The summed E-state index contributed by atoms with van der Waals surface area (Å²) in [5.41, 5.74) is 0.797. The normalized spacial score (nSPS) is 10.8. The van der Waals surface area contributed by atoms with E-state index in [9.17, 15) is 15.2 Å². The van der Waals surface area contributed by atoms with Crippen molar-refractivity contribution in [3.8, 4) is 5.75 Å². The number of nitrogens with zero attached hydrogens (tertiary/aromatic N) is 2. The minimum absolute atomic E-state index is 0.0987. The van der Waals surface area contributed by atoms with Gasteiger partial charge in [-0.25, -0.2) is 0 Å². The third kappa shape index (κ3) is 2.49. The lowest BCUT2D eigenvalue weighted by atomic mass is 10.2. The van der Waals surface area contributed by atoms with Gasteiger partial charge in [0.05, 0.1) is 16.8 Å². The first-order valence-electron chi connectivity index (χ1n) is 4.81. The van der Waals surface area contributed by atoms with Crippen LogP contribution in [-0.2, 0) is 0 Å². The molecule has 2 rings (SSSR count). The molecule has 0 saturated heterocycles. The molecule has 6 heteroatoms. The quantitative estimate of drug-likeness (QED) is 0.482. The highest BCUT2D eigenvalue weighted by Crippen LogP contribution is 2.30. The number of non-ortho nitro benzene ring substituents is 1. The van der Waals surface area contributed by atoms with Crippen LogP contribution in [-0.4, -0.2) is 21.2 Å². The van der Waals surface area contributed by atoms with Gasteiger partial charge in [-0.05, 0) is 18.2 Å². The van der Waals surface area contributed by atoms with E-state index in [0.29, 0.717) is 0 Å². The Morgan fingerprint density at radius 2 is 2.24 bits per heavy atom. The molecule has 2 aromatic rings. The molecule has 0 radical (unpaired) electrons. The van der Waals surface area contributed by atoms with E-state index in [4.69, 9.17) is 0 Å². The Kier molecular flexibility index (Phi) is 2.87. The smallest absolute Gasteiger partial charge is 0.271 e. The molecule has 0 amide bonds. The number of nitro benzene ring substituents is 1. The van der Waals surface area contributed by atoms with E-state index >= 15 is 0 Å². The SMILES string of the molecule is O=[N+]([O-])c1ccc(O)c(N=Cc2ccc[nH]2)c1. The molecule has 0 fully saturated rings. The van der Waals surface area contributed by atoms with Crippen LogP contribution < -0.4 is 0 Å². The van der Waals surface area contributed by atoms with Gasteiger partial charge in [0.1, 0.15) is 11.4 Å². The Balaban J connectivity index is 2.31. The highest BCUT2D eigenvalue weighted by atomic mass is 16.6. The Labute approximate surface area is 96.4 Å². The van der Waals surface area contributed by atoms with Crippen molar-refractivity contribution in [1.82, 2.24) is 4.98 Å². The number of H-pyrrole nitrogens is 1. The van der Waals surface area contributed by atoms with Gasteiger partial charge in [0.15, 0.2) is 0 Å². The molecule has 0 spiro atoms. The summed E-state index contributed by atoms with van der Waals surface area (Å²) in [6.45, 7) is 0. The molecule has 0 aliphatic carbocycles. The predicted octanol–water partition coefficient (Wildman–Crippen LogP) is 2.38. The number of phenols is 1. The number of aromatic nitrogens is 1. The minimum Gasteiger partial charge on any atom is -0.506 e. The monoisotopic (exact) mass is 231 g/mol. The van der Waals surface area contributed by atoms with Crippen LogP contribution in [0.4, 0.5) is 11.4 Å². The van der Waals surface area contributed by atoms with Crippen LogP contribution in [0.2, 0.25) is 0 Å². The standard InChI is InChI=1S/C11H9N3O3/c15-11-4-3-9(14(16)17)6-10(11)13-7-8-2-1-5-12-8/h1-7,12,15H. The average Bonchev–Trinajstić information content (AvgIpc) is 2.80. The van der Waals surface area contributed by atoms with Crippen molar-refractivity contribution in [3.05, 3.63) is 52.3 Å². The fourth-order valence-corrected chi connectivity index (χ4v) is 1.29. The van der Waals surface area contributed by atoms with E-state index < -0.39 is 4.92 Å². The lowest BCUT2D eigenvalue weighted by Crippen LogP contribution is -1.87. The number of benzene rings is 1. The zero-order valence-electron chi connectivity index (χ0n) is 8.70. The molecule has 0 saturated carbocycles. The second-order valence-electron chi connectivity index (χ2n) is 3.31. The predicted molar refractivity (Wildman–Crippen MR) is 62.8 cm³/mol. The maximum absolute atomic E-state index is 10.6. The van der Waals surface area contributed by atoms with Gasteiger partial charge in [0.25, 0.3) is 5.69 Å². The molecule has 0 unspecified atom stereocenters. The minimum atomic E-state index is -0.535. The Bertz CT molecular complexity index is 561. The number of aromatic hydroxyl groups is 1. The molecule has 86 valence electrons. The van der Waals surface area contributed by atoms with Gasteiger partial charge in [0.2, 0.25) is 0 Å². The molecule has 0 aliphatic heterocycles. The first-order chi connectivity index (χ1) is 8.16. The molecular formula is C11H9N3O3. The first-order valence-corrected chi connectivity index (χ1v) is 4.81. The fraction of sp³-hybridized carbons (Fsp3) is 0. The number of hydrogen-bond acceptors (Lipinski definition) is 4. The van der Waals surface area contributed by atoms with Gasteiger partial charge >= 0.3 is 0 Å². The van der Waals surface area contributed by atoms with Crippen LogP contribution in [0.15, 0.2) is 41.5 Å². The van der Waals surface area contributed by atoms with Crippen molar-refractivity contribution in [1.29, 1.82) is 0 Å². The number of hydrogen-bond donors (Lipinski definition) is 2. The summed E-state index contributed by atoms with van der Waals surface area (Å²) in [6.07, 6.45) is 3.22. The fourth-order valence-electron chi connectivity index (χ4n) is 1.29. The summed E-state index contributed by atoms with van der Waals surface area (Å²) in [4.78, 5) is 16.9. The maximum atomic E-state index is 10.6. The van der Waals surface area contributed by atoms with Gasteiger partial charge in [-0.15, -0.1) is 0 Å². The van der Waals surface area contributed by atoms with Crippen LogP contribution in [0.25, 0.3) is 0 Å². The summed E-state index contributed by atoms with van der Waals surface area (Å²) < 4.78 is 0. The summed E-state index contributed by atoms with van der Waals surface area (Å²) in [7, 11) is 0. The summed E-state index contributed by atoms with van der Waals surface area (Å²) in [6, 6.07) is 7.28. The highest BCUT2D eigenvalue weighted by Gasteiger charge is 2.08. The number of aromatic amines is 1. The molecule has 1 aromatic heterocycles. The Morgan fingerprint density at radius 1 is 1.41 bits per heavy atom. The number of phenolic OH excluding ortho intramolecular Hbond substituents is 1. The van der Waals surface area contributed by atoms with Crippen LogP contribution in [0.3, 0.4) is 0 Å². The number of nitro groups is 1.